The van der Waals surface area contributed by atoms with E-state index in [9.17, 15) is 9.90 Å². The summed E-state index contributed by atoms with van der Waals surface area (Å²) in [5, 5.41) is 15.4. The van der Waals surface area contributed by atoms with Gasteiger partial charge in [0.25, 0.3) is 0 Å². The molecule has 5 heterocycles. The van der Waals surface area contributed by atoms with Crippen LogP contribution in [-0.4, -0.2) is 62.7 Å². The lowest BCUT2D eigenvalue weighted by Gasteiger charge is -2.41. The van der Waals surface area contributed by atoms with E-state index in [0.717, 1.165) is 49.0 Å². The van der Waals surface area contributed by atoms with Crippen LogP contribution < -0.4 is 9.64 Å². The molecule has 0 amide bonds. The Morgan fingerprint density at radius 2 is 1.87 bits per heavy atom. The Labute approximate surface area is 267 Å². The number of carboxylic acids is 1. The number of hydrogen-bond donors (Lipinski definition) is 1. The number of piperidine rings is 1. The molecule has 3 atom stereocenters. The molecule has 10 nitrogen and oxygen atoms in total. The van der Waals surface area contributed by atoms with Crippen LogP contribution in [0.4, 0.5) is 5.82 Å². The first-order chi connectivity index (χ1) is 21.2. The van der Waals surface area contributed by atoms with Crippen LogP contribution in [-0.2, 0) is 25.6 Å². The van der Waals surface area contributed by atoms with Crippen LogP contribution in [0.25, 0.3) is 5.65 Å². The van der Waals surface area contributed by atoms with Crippen LogP contribution in [0.2, 0.25) is 0 Å². The van der Waals surface area contributed by atoms with E-state index in [1.165, 1.54) is 0 Å². The van der Waals surface area contributed by atoms with Crippen LogP contribution in [0.5, 0.6) is 5.75 Å². The van der Waals surface area contributed by atoms with E-state index in [0.29, 0.717) is 48.1 Å². The Morgan fingerprint density at radius 3 is 2.56 bits per heavy atom. The molecular weight excluding hydrogens is 572 g/mol. The lowest BCUT2D eigenvalue weighted by molar-refractivity contribution is -0.160. The van der Waals surface area contributed by atoms with Crippen molar-refractivity contribution in [1.29, 1.82) is 0 Å². The second-order valence-electron chi connectivity index (χ2n) is 14.0. The van der Waals surface area contributed by atoms with Crippen molar-refractivity contribution in [2.45, 2.75) is 124 Å². The minimum atomic E-state index is -1.21. The first kappa shape index (κ1) is 33.2. The number of carboxylic acid groups (broad SMARTS) is 1. The molecule has 1 fully saturated rings. The topological polar surface area (TPSA) is 108 Å². The van der Waals surface area contributed by atoms with Crippen LogP contribution >= 0.6 is 0 Å². The van der Waals surface area contributed by atoms with Crippen molar-refractivity contribution in [3.8, 4) is 5.75 Å². The van der Waals surface area contributed by atoms with Gasteiger partial charge >= 0.3 is 5.97 Å². The van der Waals surface area contributed by atoms with E-state index in [4.69, 9.17) is 29.0 Å². The third-order valence-corrected chi connectivity index (χ3v) is 8.81. The first-order valence-corrected chi connectivity index (χ1v) is 16.3. The fourth-order valence-electron chi connectivity index (χ4n) is 6.27. The third-order valence-electron chi connectivity index (χ3n) is 8.81. The number of fused-ring (bicyclic) bond motifs is 10. The van der Waals surface area contributed by atoms with E-state index in [2.05, 4.69) is 43.9 Å². The molecule has 10 heteroatoms. The Morgan fingerprint density at radius 1 is 1.13 bits per heavy atom. The van der Waals surface area contributed by atoms with Crippen molar-refractivity contribution in [3.05, 3.63) is 52.3 Å². The molecule has 6 rings (SSSR count). The average molecular weight is 623 g/mol. The Kier molecular flexibility index (Phi) is 9.77. The average Bonchev–Trinajstić information content (AvgIpc) is 3.36. The largest absolute Gasteiger partial charge is 0.490 e. The minimum absolute atomic E-state index is 0.0689. The summed E-state index contributed by atoms with van der Waals surface area (Å²) in [5.74, 6) is 0.487. The van der Waals surface area contributed by atoms with Crippen molar-refractivity contribution in [2.75, 3.05) is 24.6 Å². The van der Waals surface area contributed by atoms with E-state index in [1.54, 1.807) is 4.52 Å². The van der Waals surface area contributed by atoms with E-state index in [-0.39, 0.29) is 24.4 Å². The van der Waals surface area contributed by atoms with Gasteiger partial charge in [-0.15, -0.1) is 0 Å². The van der Waals surface area contributed by atoms with Crippen LogP contribution in [0, 0.1) is 13.8 Å². The van der Waals surface area contributed by atoms with Gasteiger partial charge < -0.3 is 29.0 Å². The molecule has 1 aromatic carbocycles. The van der Waals surface area contributed by atoms with E-state index < -0.39 is 17.7 Å². The normalized spacial score (nSPS) is 24.3. The van der Waals surface area contributed by atoms with E-state index >= 15 is 0 Å². The standard InChI is InChI=1S/C35H50N4O6/c1-22-12-13-27-25(4)42-21-26-20-29-36-24(3)30(31(33(40)41)45-34(5,6)7)32(39(29)37-26)38-16-14-35(8,15-17-38)43-18-10-9-11-23(2)44-28(27)19-22/h12-13,19-20,23,25,31H,9-11,14-18,21H2,1-8H3,(H,40,41). The summed E-state index contributed by atoms with van der Waals surface area (Å²) < 4.78 is 27.3. The predicted molar refractivity (Wildman–Crippen MR) is 173 cm³/mol. The van der Waals surface area contributed by atoms with Crippen LogP contribution in [0.15, 0.2) is 24.3 Å². The fourth-order valence-corrected chi connectivity index (χ4v) is 6.27. The Hall–Kier alpha value is -3.21. The maximum absolute atomic E-state index is 12.7. The number of aryl methyl sites for hydroxylation is 2. The van der Waals surface area contributed by atoms with Crippen molar-refractivity contribution >= 4 is 17.4 Å². The summed E-state index contributed by atoms with van der Waals surface area (Å²) in [6.45, 7) is 18.2. The molecule has 0 spiro atoms. The van der Waals surface area contributed by atoms with Gasteiger partial charge in [0, 0.05) is 37.0 Å². The lowest BCUT2D eigenvalue weighted by Crippen LogP contribution is -2.46. The number of carbonyl (C=O) groups is 1. The lowest BCUT2D eigenvalue weighted by atomic mass is 9.92. The SMILES string of the molecule is Cc1ccc2c(c1)OC(C)CCCCOC1(C)CCN(CC1)c1c(C(OC(C)(C)C)C(=O)O)c(C)nc3cc(nn13)COC2C. The molecule has 1 saturated heterocycles. The fraction of sp³-hybridized carbons (Fsp3) is 0.629. The number of benzene rings is 1. The second-order valence-corrected chi connectivity index (χ2v) is 14.0. The number of hydrogen-bond acceptors (Lipinski definition) is 8. The van der Waals surface area contributed by atoms with Gasteiger partial charge in [-0.2, -0.15) is 9.61 Å². The van der Waals surface area contributed by atoms with Gasteiger partial charge in [-0.05, 0) is 99.1 Å². The number of nitrogens with zero attached hydrogens (tertiary/aromatic N) is 4. The highest BCUT2D eigenvalue weighted by atomic mass is 16.5. The van der Waals surface area contributed by atoms with Gasteiger partial charge in [0.2, 0.25) is 0 Å². The maximum Gasteiger partial charge on any atom is 0.337 e. The number of aliphatic carboxylic acids is 1. The monoisotopic (exact) mass is 622 g/mol. The number of aromatic nitrogens is 3. The smallest absolute Gasteiger partial charge is 0.337 e. The zero-order valence-electron chi connectivity index (χ0n) is 28.2. The number of ether oxygens (including phenoxy) is 4. The molecule has 4 bridgehead atoms. The van der Waals surface area contributed by atoms with Gasteiger partial charge in [-0.3, -0.25) is 0 Å². The van der Waals surface area contributed by atoms with Gasteiger partial charge in [0.1, 0.15) is 11.6 Å². The summed E-state index contributed by atoms with van der Waals surface area (Å²) in [6.07, 6.45) is 3.14. The summed E-state index contributed by atoms with van der Waals surface area (Å²) in [6, 6.07) is 8.15. The van der Waals surface area contributed by atoms with Gasteiger partial charge in [-0.25, -0.2) is 9.78 Å². The molecule has 3 unspecified atom stereocenters. The Bertz CT molecular complexity index is 1500. The minimum Gasteiger partial charge on any atom is -0.490 e. The highest BCUT2D eigenvalue weighted by Crippen LogP contribution is 2.38. The molecule has 0 aliphatic carbocycles. The molecule has 3 aromatic rings. The molecule has 3 aliphatic rings. The van der Waals surface area contributed by atoms with Crippen molar-refractivity contribution in [2.24, 2.45) is 0 Å². The second kappa shape index (κ2) is 13.3. The summed E-state index contributed by atoms with van der Waals surface area (Å²) in [7, 11) is 0. The summed E-state index contributed by atoms with van der Waals surface area (Å²) in [5.41, 5.74) is 3.66. The number of anilines is 1. The third kappa shape index (κ3) is 7.79. The van der Waals surface area contributed by atoms with E-state index in [1.807, 2.05) is 40.7 Å². The number of rotatable bonds is 3. The zero-order chi connectivity index (χ0) is 32.5. The molecule has 1 N–H and O–H groups in total. The van der Waals surface area contributed by atoms with Gasteiger partial charge in [-0.1, -0.05) is 12.1 Å². The molecule has 0 saturated carbocycles. The molecule has 3 aliphatic heterocycles. The molecule has 45 heavy (non-hydrogen) atoms. The predicted octanol–water partition coefficient (Wildman–Crippen LogP) is 6.89. The molecule has 0 radical (unpaired) electrons. The Balaban J connectivity index is 1.58. The summed E-state index contributed by atoms with van der Waals surface area (Å²) >= 11 is 0. The molecule has 246 valence electrons. The highest BCUT2D eigenvalue weighted by Gasteiger charge is 2.38. The van der Waals surface area contributed by atoms with Gasteiger partial charge in [0.15, 0.2) is 11.8 Å². The molecule has 2 aromatic heterocycles. The van der Waals surface area contributed by atoms with Gasteiger partial charge in [0.05, 0.1) is 41.3 Å². The van der Waals surface area contributed by atoms with Crippen LogP contribution in [0.3, 0.4) is 0 Å². The molecular formula is C35H50N4O6. The van der Waals surface area contributed by atoms with Crippen LogP contribution in [0.1, 0.15) is 114 Å². The highest BCUT2D eigenvalue weighted by molar-refractivity contribution is 5.78. The summed E-state index contributed by atoms with van der Waals surface area (Å²) in [4.78, 5) is 19.8. The van der Waals surface area contributed by atoms with Crippen molar-refractivity contribution in [3.63, 3.8) is 0 Å². The van der Waals surface area contributed by atoms with Crippen molar-refractivity contribution < 1.29 is 28.8 Å². The zero-order valence-corrected chi connectivity index (χ0v) is 28.2. The maximum atomic E-state index is 12.7. The first-order valence-electron chi connectivity index (χ1n) is 16.3. The quantitative estimate of drug-likeness (QED) is 0.334. The van der Waals surface area contributed by atoms with Crippen molar-refractivity contribution in [1.82, 2.24) is 14.6 Å².